The van der Waals surface area contributed by atoms with Crippen LogP contribution in [-0.4, -0.2) is 30.3 Å². The Hall–Kier alpha value is -2.31. The molecule has 0 atom stereocenters. The molecule has 1 aromatic carbocycles. The molecule has 3 N–H and O–H groups in total. The molecular weight excluding hydrogens is 306 g/mol. The largest absolute Gasteiger partial charge is 0.514 e. The van der Waals surface area contributed by atoms with Crippen LogP contribution in [0.2, 0.25) is 5.15 Å². The van der Waals surface area contributed by atoms with Gasteiger partial charge < -0.3 is 20.1 Å². The fourth-order valence-corrected chi connectivity index (χ4v) is 2.29. The molecule has 2 aromatic rings. The second kappa shape index (κ2) is 6.21. The molecule has 0 bridgehead atoms. The van der Waals surface area contributed by atoms with Crippen molar-refractivity contribution in [2.75, 3.05) is 18.0 Å². The summed E-state index contributed by atoms with van der Waals surface area (Å²) in [7, 11) is 0. The van der Waals surface area contributed by atoms with Crippen LogP contribution in [0.5, 0.6) is 5.75 Å². The molecule has 1 fully saturated rings. The minimum absolute atomic E-state index is 0.188. The maximum Gasteiger partial charge on any atom is 0.514 e. The van der Waals surface area contributed by atoms with Crippen molar-refractivity contribution in [2.45, 2.75) is 6.10 Å². The van der Waals surface area contributed by atoms with Crippen molar-refractivity contribution in [1.82, 2.24) is 4.98 Å². The molecule has 2 heterocycles. The van der Waals surface area contributed by atoms with Crippen molar-refractivity contribution in [1.29, 1.82) is 0 Å². The number of carbonyl (C=O) groups is 1. The van der Waals surface area contributed by atoms with Gasteiger partial charge >= 0.3 is 6.16 Å². The van der Waals surface area contributed by atoms with E-state index in [2.05, 4.69) is 10.7 Å². The minimum Gasteiger partial charge on any atom is -0.427 e. The standard InChI is InChI=1S/C15H14ClN3O3/c16-14-7-11(5-6-18-14)19-8-13(9-19)22-15(20)21-12-3-1-10(17)2-4-12/h1-7,13H,8-9,17H2/p+1. The number of aromatic nitrogens is 1. The summed E-state index contributed by atoms with van der Waals surface area (Å²) >= 11 is 5.84. The second-order valence-corrected chi connectivity index (χ2v) is 5.36. The number of pyridine rings is 1. The van der Waals surface area contributed by atoms with Gasteiger partial charge in [0.2, 0.25) is 0 Å². The Kier molecular flexibility index (Phi) is 4.13. The van der Waals surface area contributed by atoms with Gasteiger partial charge in [0.05, 0.1) is 13.1 Å². The number of hydrogen-bond acceptors (Lipinski definition) is 5. The van der Waals surface area contributed by atoms with Crippen LogP contribution in [0.4, 0.5) is 16.2 Å². The highest BCUT2D eigenvalue weighted by atomic mass is 35.5. The van der Waals surface area contributed by atoms with Crippen LogP contribution < -0.4 is 15.4 Å². The van der Waals surface area contributed by atoms with Crippen LogP contribution in [0.1, 0.15) is 0 Å². The van der Waals surface area contributed by atoms with Crippen molar-refractivity contribution in [3.8, 4) is 5.75 Å². The summed E-state index contributed by atoms with van der Waals surface area (Å²) in [6.45, 7) is 1.21. The van der Waals surface area contributed by atoms with Gasteiger partial charge in [-0.3, -0.25) is 0 Å². The van der Waals surface area contributed by atoms with Crippen molar-refractivity contribution >= 4 is 29.1 Å². The Labute approximate surface area is 132 Å². The van der Waals surface area contributed by atoms with E-state index in [0.717, 1.165) is 11.4 Å². The maximum absolute atomic E-state index is 11.7. The van der Waals surface area contributed by atoms with Crippen LogP contribution in [0.25, 0.3) is 0 Å². The fraction of sp³-hybridized carbons (Fsp3) is 0.200. The smallest absolute Gasteiger partial charge is 0.427 e. The van der Waals surface area contributed by atoms with E-state index < -0.39 is 6.16 Å². The average Bonchev–Trinajstić information content (AvgIpc) is 2.45. The van der Waals surface area contributed by atoms with Gasteiger partial charge in [0.25, 0.3) is 0 Å². The predicted molar refractivity (Wildman–Crippen MR) is 81.3 cm³/mol. The zero-order valence-corrected chi connectivity index (χ0v) is 12.5. The lowest BCUT2D eigenvalue weighted by Crippen LogP contribution is -2.53. The molecule has 1 aliphatic heterocycles. The summed E-state index contributed by atoms with van der Waals surface area (Å²) in [6.07, 6.45) is 0.757. The minimum atomic E-state index is -0.700. The van der Waals surface area contributed by atoms with Crippen LogP contribution in [0.15, 0.2) is 42.6 Å². The van der Waals surface area contributed by atoms with Crippen LogP contribution in [0.3, 0.4) is 0 Å². The fourth-order valence-electron chi connectivity index (χ4n) is 2.13. The monoisotopic (exact) mass is 320 g/mol. The number of hydrogen-bond donors (Lipinski definition) is 1. The molecule has 0 spiro atoms. The van der Waals surface area contributed by atoms with Gasteiger partial charge in [-0.25, -0.2) is 9.78 Å². The molecule has 6 nitrogen and oxygen atoms in total. The van der Waals surface area contributed by atoms with Crippen LogP contribution in [0, 0.1) is 0 Å². The van der Waals surface area contributed by atoms with Crippen molar-refractivity contribution in [2.24, 2.45) is 0 Å². The van der Waals surface area contributed by atoms with E-state index in [9.17, 15) is 4.79 Å². The van der Waals surface area contributed by atoms with Crippen LogP contribution >= 0.6 is 11.6 Å². The van der Waals surface area contributed by atoms with Crippen molar-refractivity contribution < 1.29 is 20.0 Å². The normalized spacial score (nSPS) is 14.4. The Balaban J connectivity index is 1.47. The summed E-state index contributed by atoms with van der Waals surface area (Å²) in [5, 5.41) is 0.440. The van der Waals surface area contributed by atoms with Crippen molar-refractivity contribution in [3.63, 3.8) is 0 Å². The summed E-state index contributed by atoms with van der Waals surface area (Å²) in [4.78, 5) is 17.7. The first kappa shape index (κ1) is 14.6. The van der Waals surface area contributed by atoms with Crippen molar-refractivity contribution in [3.05, 3.63) is 47.7 Å². The quantitative estimate of drug-likeness (QED) is 0.531. The molecule has 0 amide bonds. The number of rotatable bonds is 3. The molecule has 0 radical (unpaired) electrons. The SMILES string of the molecule is [NH3+]c1ccc(OC(=O)OC2CN(c3ccnc(Cl)c3)C2)cc1. The maximum atomic E-state index is 11.7. The third-order valence-electron chi connectivity index (χ3n) is 3.31. The van der Waals surface area contributed by atoms with Gasteiger partial charge in [-0.15, -0.1) is 0 Å². The Morgan fingerprint density at radius 2 is 2.00 bits per heavy atom. The number of nitrogens with zero attached hydrogens (tertiary/aromatic N) is 2. The number of ether oxygens (including phenoxy) is 2. The summed E-state index contributed by atoms with van der Waals surface area (Å²) < 4.78 is 10.3. The third-order valence-corrected chi connectivity index (χ3v) is 3.52. The lowest BCUT2D eigenvalue weighted by Gasteiger charge is -2.39. The molecule has 1 aliphatic rings. The van der Waals surface area contributed by atoms with Crippen LogP contribution in [-0.2, 0) is 4.74 Å². The van der Waals surface area contributed by atoms with E-state index in [-0.39, 0.29) is 6.10 Å². The first-order chi connectivity index (χ1) is 10.6. The summed E-state index contributed by atoms with van der Waals surface area (Å²) in [5.74, 6) is 0.439. The number of benzene rings is 1. The van der Waals surface area contributed by atoms with E-state index in [1.54, 1.807) is 36.5 Å². The highest BCUT2D eigenvalue weighted by Gasteiger charge is 2.31. The molecule has 3 rings (SSSR count). The first-order valence-corrected chi connectivity index (χ1v) is 7.15. The molecule has 22 heavy (non-hydrogen) atoms. The molecular formula is C15H15ClN3O3+. The van der Waals surface area contributed by atoms with E-state index in [4.69, 9.17) is 21.1 Å². The molecule has 114 valence electrons. The van der Waals surface area contributed by atoms with E-state index in [0.29, 0.717) is 24.0 Å². The summed E-state index contributed by atoms with van der Waals surface area (Å²) in [5.41, 5.74) is 5.57. The zero-order chi connectivity index (χ0) is 15.5. The van der Waals surface area contributed by atoms with Gasteiger partial charge in [-0.2, -0.15) is 0 Å². The molecule has 1 aromatic heterocycles. The van der Waals surface area contributed by atoms with Gasteiger partial charge in [-0.1, -0.05) is 11.6 Å². The first-order valence-electron chi connectivity index (χ1n) is 6.77. The molecule has 0 unspecified atom stereocenters. The number of quaternary nitrogens is 1. The third kappa shape index (κ3) is 3.47. The highest BCUT2D eigenvalue weighted by Crippen LogP contribution is 2.24. The Morgan fingerprint density at radius 1 is 1.27 bits per heavy atom. The molecule has 7 heteroatoms. The average molecular weight is 321 g/mol. The lowest BCUT2D eigenvalue weighted by atomic mass is 10.1. The Bertz CT molecular complexity index is 672. The topological polar surface area (TPSA) is 79.3 Å². The van der Waals surface area contributed by atoms with Gasteiger partial charge in [0.15, 0.2) is 0 Å². The van der Waals surface area contributed by atoms with E-state index in [1.807, 2.05) is 11.0 Å². The summed E-state index contributed by atoms with van der Waals surface area (Å²) in [6, 6.07) is 10.5. The van der Waals surface area contributed by atoms with Gasteiger partial charge in [-0.05, 0) is 24.3 Å². The van der Waals surface area contributed by atoms with E-state index >= 15 is 0 Å². The van der Waals surface area contributed by atoms with Gasteiger partial charge in [0.1, 0.15) is 22.7 Å². The highest BCUT2D eigenvalue weighted by molar-refractivity contribution is 6.29. The zero-order valence-electron chi connectivity index (χ0n) is 11.7. The number of halogens is 1. The second-order valence-electron chi connectivity index (χ2n) is 4.98. The Morgan fingerprint density at radius 3 is 2.68 bits per heavy atom. The van der Waals surface area contributed by atoms with E-state index in [1.165, 1.54) is 0 Å². The predicted octanol–water partition coefficient (Wildman–Crippen LogP) is 2.01. The number of carbonyl (C=O) groups excluding carboxylic acids is 1. The molecule has 0 aliphatic carbocycles. The molecule has 0 saturated carbocycles. The number of anilines is 1. The lowest BCUT2D eigenvalue weighted by molar-refractivity contribution is -0.254. The molecule has 1 saturated heterocycles. The van der Waals surface area contributed by atoms with Gasteiger partial charge in [0, 0.05) is 24.0 Å².